The Morgan fingerprint density at radius 1 is 1.14 bits per heavy atom. The lowest BCUT2D eigenvalue weighted by atomic mass is 10.2. The number of fused-ring (bicyclic) bond motifs is 1. The van der Waals surface area contributed by atoms with E-state index in [-0.39, 0.29) is 17.2 Å². The van der Waals surface area contributed by atoms with Crippen molar-refractivity contribution in [2.45, 2.75) is 11.1 Å². The monoisotopic (exact) mass is 425 g/mol. The summed E-state index contributed by atoms with van der Waals surface area (Å²) >= 11 is 1.34. The third-order valence-electron chi connectivity index (χ3n) is 3.72. The molecule has 0 atom stereocenters. The highest BCUT2D eigenvalue weighted by Crippen LogP contribution is 2.32. The van der Waals surface area contributed by atoms with Gasteiger partial charge >= 0.3 is 6.18 Å². The van der Waals surface area contributed by atoms with Crippen LogP contribution in [-0.2, 0) is 15.8 Å². The minimum atomic E-state index is -4.53. The minimum Gasteiger partial charge on any atom is -0.484 e. The number of hydrazine groups is 1. The molecule has 3 amide bonds. The summed E-state index contributed by atoms with van der Waals surface area (Å²) < 4.78 is 43.0. The summed E-state index contributed by atoms with van der Waals surface area (Å²) in [6.07, 6.45) is -4.53. The first-order chi connectivity index (χ1) is 13.7. The fourth-order valence-electron chi connectivity index (χ4n) is 2.37. The van der Waals surface area contributed by atoms with Crippen LogP contribution in [-0.4, -0.2) is 30.1 Å². The lowest BCUT2D eigenvalue weighted by molar-refractivity contribution is -0.137. The Labute approximate surface area is 167 Å². The zero-order valence-corrected chi connectivity index (χ0v) is 15.4. The lowest BCUT2D eigenvalue weighted by Gasteiger charge is -2.17. The van der Waals surface area contributed by atoms with E-state index in [4.69, 9.17) is 4.74 Å². The van der Waals surface area contributed by atoms with Crippen LogP contribution in [0.4, 0.5) is 18.9 Å². The first-order valence-electron chi connectivity index (χ1n) is 8.18. The van der Waals surface area contributed by atoms with Crippen molar-refractivity contribution in [3.8, 4) is 5.75 Å². The molecule has 0 saturated heterocycles. The van der Waals surface area contributed by atoms with E-state index in [0.29, 0.717) is 11.4 Å². The molecule has 0 saturated carbocycles. The molecule has 1 aliphatic rings. The van der Waals surface area contributed by atoms with Gasteiger partial charge in [-0.3, -0.25) is 25.2 Å². The molecule has 1 heterocycles. The number of halogens is 3. The van der Waals surface area contributed by atoms with E-state index < -0.39 is 30.2 Å². The average molecular weight is 425 g/mol. The molecule has 0 spiro atoms. The molecule has 3 N–H and O–H groups in total. The van der Waals surface area contributed by atoms with Gasteiger partial charge in [0.2, 0.25) is 5.91 Å². The third kappa shape index (κ3) is 5.41. The Kier molecular flexibility index (Phi) is 5.97. The number of anilines is 1. The molecule has 0 bridgehead atoms. The molecule has 29 heavy (non-hydrogen) atoms. The number of carbonyl (C=O) groups excluding carboxylic acids is 3. The summed E-state index contributed by atoms with van der Waals surface area (Å²) in [6.45, 7) is -0.599. The van der Waals surface area contributed by atoms with Crippen molar-refractivity contribution in [3.05, 3.63) is 53.6 Å². The molecule has 7 nitrogen and oxygen atoms in total. The normalized spacial score (nSPS) is 13.1. The predicted octanol–water partition coefficient (Wildman–Crippen LogP) is 2.59. The molecule has 3 rings (SSSR count). The largest absolute Gasteiger partial charge is 0.484 e. The minimum absolute atomic E-state index is 0.135. The molecular formula is C18H14F3N3O4S. The Morgan fingerprint density at radius 2 is 1.93 bits per heavy atom. The number of carbonyl (C=O) groups is 3. The highest BCUT2D eigenvalue weighted by Gasteiger charge is 2.30. The maximum Gasteiger partial charge on any atom is 0.416 e. The lowest BCUT2D eigenvalue weighted by Crippen LogP contribution is -2.43. The molecule has 0 fully saturated rings. The van der Waals surface area contributed by atoms with Gasteiger partial charge in [0, 0.05) is 10.5 Å². The first-order valence-corrected chi connectivity index (χ1v) is 9.17. The number of hydrogen-bond donors (Lipinski definition) is 3. The molecule has 152 valence electrons. The van der Waals surface area contributed by atoms with E-state index in [0.717, 1.165) is 23.1 Å². The van der Waals surface area contributed by atoms with Crippen molar-refractivity contribution >= 4 is 35.2 Å². The van der Waals surface area contributed by atoms with Crippen molar-refractivity contribution in [1.29, 1.82) is 0 Å². The second-order valence-corrected chi connectivity index (χ2v) is 6.88. The van der Waals surface area contributed by atoms with Gasteiger partial charge in [0.1, 0.15) is 5.75 Å². The second kappa shape index (κ2) is 8.43. The van der Waals surface area contributed by atoms with Gasteiger partial charge < -0.3 is 10.1 Å². The number of alkyl halides is 3. The van der Waals surface area contributed by atoms with Crippen LogP contribution in [0.15, 0.2) is 47.4 Å². The summed E-state index contributed by atoms with van der Waals surface area (Å²) in [5.74, 6) is -1.42. The average Bonchev–Trinajstić information content (AvgIpc) is 2.69. The number of hydrogen-bond acceptors (Lipinski definition) is 5. The van der Waals surface area contributed by atoms with Gasteiger partial charge in [-0.05, 0) is 36.4 Å². The molecule has 1 aliphatic heterocycles. The van der Waals surface area contributed by atoms with Gasteiger partial charge in [0.05, 0.1) is 17.0 Å². The molecule has 0 aromatic heterocycles. The number of thioether (sulfide) groups is 1. The Bertz CT molecular complexity index is 966. The Hall–Kier alpha value is -3.21. The van der Waals surface area contributed by atoms with Crippen molar-refractivity contribution < 1.29 is 32.3 Å². The number of amides is 3. The van der Waals surface area contributed by atoms with Crippen LogP contribution in [0.25, 0.3) is 0 Å². The summed E-state index contributed by atoms with van der Waals surface area (Å²) in [5, 5.41) is 2.65. The van der Waals surface area contributed by atoms with Gasteiger partial charge in [0.15, 0.2) is 6.61 Å². The fourth-order valence-corrected chi connectivity index (χ4v) is 3.16. The van der Waals surface area contributed by atoms with Gasteiger partial charge in [-0.1, -0.05) is 6.07 Å². The fraction of sp³-hybridized carbons (Fsp3) is 0.167. The first kappa shape index (κ1) is 20.5. The topological polar surface area (TPSA) is 96.5 Å². The molecule has 2 aromatic carbocycles. The Morgan fingerprint density at radius 3 is 2.69 bits per heavy atom. The van der Waals surface area contributed by atoms with Crippen molar-refractivity contribution in [1.82, 2.24) is 10.9 Å². The molecule has 2 aromatic rings. The summed E-state index contributed by atoms with van der Waals surface area (Å²) in [5.41, 5.74) is 4.07. The van der Waals surface area contributed by atoms with Crippen LogP contribution in [0.5, 0.6) is 5.75 Å². The van der Waals surface area contributed by atoms with Crippen LogP contribution < -0.4 is 20.9 Å². The summed E-state index contributed by atoms with van der Waals surface area (Å²) in [6, 6.07) is 8.76. The van der Waals surface area contributed by atoms with Gasteiger partial charge in [-0.2, -0.15) is 13.2 Å². The van der Waals surface area contributed by atoms with Crippen LogP contribution in [0.3, 0.4) is 0 Å². The van der Waals surface area contributed by atoms with Crippen molar-refractivity contribution in [3.63, 3.8) is 0 Å². The standard InChI is InChI=1S/C18H14F3N3O4S/c19-18(20,21)11-2-1-3-12(7-11)28-8-15(25)23-24-17(27)10-4-5-14-13(6-10)22-16(26)9-29-14/h1-7H,8-9H2,(H,22,26)(H,23,25)(H,24,27). The van der Waals surface area contributed by atoms with E-state index in [9.17, 15) is 27.6 Å². The molecule has 0 unspecified atom stereocenters. The van der Waals surface area contributed by atoms with Crippen LogP contribution in [0.1, 0.15) is 15.9 Å². The number of benzene rings is 2. The van der Waals surface area contributed by atoms with Crippen molar-refractivity contribution in [2.75, 3.05) is 17.7 Å². The van der Waals surface area contributed by atoms with Gasteiger partial charge in [0.25, 0.3) is 11.8 Å². The maximum atomic E-state index is 12.7. The number of nitrogens with one attached hydrogen (secondary N) is 3. The molecule has 0 aliphatic carbocycles. The second-order valence-electron chi connectivity index (χ2n) is 5.86. The SMILES string of the molecule is O=C(COc1cccc(C(F)(F)F)c1)NNC(=O)c1ccc2c(c1)NC(=O)CS2. The number of ether oxygens (including phenoxy) is 1. The van der Waals surface area contributed by atoms with E-state index >= 15 is 0 Å². The van der Waals surface area contributed by atoms with Gasteiger partial charge in [-0.15, -0.1) is 11.8 Å². The van der Waals surface area contributed by atoms with Crippen LogP contribution >= 0.6 is 11.8 Å². The van der Waals surface area contributed by atoms with Crippen LogP contribution in [0.2, 0.25) is 0 Å². The maximum absolute atomic E-state index is 12.7. The molecular weight excluding hydrogens is 411 g/mol. The Balaban J connectivity index is 1.51. The highest BCUT2D eigenvalue weighted by atomic mass is 32.2. The zero-order chi connectivity index (χ0) is 21.0. The third-order valence-corrected chi connectivity index (χ3v) is 4.79. The highest BCUT2D eigenvalue weighted by molar-refractivity contribution is 8.00. The summed E-state index contributed by atoms with van der Waals surface area (Å²) in [7, 11) is 0. The zero-order valence-electron chi connectivity index (χ0n) is 14.6. The van der Waals surface area contributed by atoms with E-state index in [1.807, 2.05) is 0 Å². The van der Waals surface area contributed by atoms with Gasteiger partial charge in [-0.25, -0.2) is 0 Å². The van der Waals surface area contributed by atoms with Crippen LogP contribution in [0, 0.1) is 0 Å². The quantitative estimate of drug-likeness (QED) is 0.655. The molecule has 11 heteroatoms. The molecule has 0 radical (unpaired) electrons. The van der Waals surface area contributed by atoms with E-state index in [2.05, 4.69) is 16.2 Å². The van der Waals surface area contributed by atoms with E-state index in [1.165, 1.54) is 30.0 Å². The predicted molar refractivity (Wildman–Crippen MR) is 98.3 cm³/mol. The smallest absolute Gasteiger partial charge is 0.416 e. The number of rotatable bonds is 4. The van der Waals surface area contributed by atoms with E-state index in [1.54, 1.807) is 6.07 Å². The van der Waals surface area contributed by atoms with Crippen molar-refractivity contribution in [2.24, 2.45) is 0 Å². The summed E-state index contributed by atoms with van der Waals surface area (Å²) in [4.78, 5) is 36.2.